The summed E-state index contributed by atoms with van der Waals surface area (Å²) in [7, 11) is -0.938. The molecule has 0 aliphatic carbocycles. The number of nitrogens with zero attached hydrogens (tertiary/aromatic N) is 8. The zero-order valence-corrected chi connectivity index (χ0v) is 18.2. The summed E-state index contributed by atoms with van der Waals surface area (Å²) in [5.41, 5.74) is 8.62. The molecule has 1 unspecified atom stereocenters. The molecule has 0 saturated carbocycles. The number of imidazole rings is 1. The molecule has 2 saturated heterocycles. The highest BCUT2D eigenvalue weighted by Crippen LogP contribution is 2.31. The Bertz CT molecular complexity index is 1090. The molecule has 5 heterocycles. The van der Waals surface area contributed by atoms with E-state index in [1.54, 1.807) is 18.6 Å². The van der Waals surface area contributed by atoms with E-state index in [2.05, 4.69) is 24.4 Å². The van der Waals surface area contributed by atoms with Crippen LogP contribution >= 0.6 is 0 Å². The molecule has 3 aromatic rings. The highest BCUT2D eigenvalue weighted by atomic mass is 32.2. The maximum absolute atomic E-state index is 11.8. The number of fused-ring (bicyclic) bond motifs is 1. The molecule has 2 aliphatic rings. The van der Waals surface area contributed by atoms with E-state index in [9.17, 15) is 4.21 Å². The molecule has 164 valence electrons. The second kappa shape index (κ2) is 8.44. The van der Waals surface area contributed by atoms with Gasteiger partial charge in [-0.05, 0) is 12.8 Å². The summed E-state index contributed by atoms with van der Waals surface area (Å²) < 4.78 is 21.4. The van der Waals surface area contributed by atoms with Crippen LogP contribution < -0.4 is 10.6 Å². The van der Waals surface area contributed by atoms with Crippen molar-refractivity contribution >= 4 is 34.0 Å². The van der Waals surface area contributed by atoms with Crippen molar-refractivity contribution in [1.29, 1.82) is 0 Å². The van der Waals surface area contributed by atoms with Crippen LogP contribution in [0.3, 0.4) is 0 Å². The maximum Gasteiger partial charge on any atom is 0.228 e. The van der Waals surface area contributed by atoms with Crippen molar-refractivity contribution in [2.45, 2.75) is 18.9 Å². The highest BCUT2D eigenvalue weighted by Gasteiger charge is 2.26. The minimum absolute atomic E-state index is 0.216. The Balaban J connectivity index is 1.57. The van der Waals surface area contributed by atoms with Crippen molar-refractivity contribution in [3.63, 3.8) is 0 Å². The summed E-state index contributed by atoms with van der Waals surface area (Å²) in [5.74, 6) is 0.865. The SMILES string of the molecule is CS(=O)N1CCC(n2cnc3c(-c4cnc(N)nc4)nc(N4CCOCC4)nc32)CC1. The summed E-state index contributed by atoms with van der Waals surface area (Å²) in [6.07, 6.45) is 8.69. The van der Waals surface area contributed by atoms with Gasteiger partial charge in [0.25, 0.3) is 0 Å². The second-order valence-electron chi connectivity index (χ2n) is 7.71. The van der Waals surface area contributed by atoms with Crippen molar-refractivity contribution in [2.75, 3.05) is 56.3 Å². The average Bonchev–Trinajstić information content (AvgIpc) is 3.24. The van der Waals surface area contributed by atoms with E-state index in [1.165, 1.54) is 0 Å². The Morgan fingerprint density at radius 3 is 2.45 bits per heavy atom. The van der Waals surface area contributed by atoms with E-state index in [4.69, 9.17) is 20.4 Å². The molecule has 31 heavy (non-hydrogen) atoms. The monoisotopic (exact) mass is 443 g/mol. The van der Waals surface area contributed by atoms with Crippen LogP contribution in [-0.2, 0) is 15.7 Å². The van der Waals surface area contributed by atoms with Crippen molar-refractivity contribution in [3.8, 4) is 11.3 Å². The fourth-order valence-electron chi connectivity index (χ4n) is 4.12. The first-order valence-corrected chi connectivity index (χ1v) is 11.9. The summed E-state index contributed by atoms with van der Waals surface area (Å²) in [5, 5.41) is 0. The van der Waals surface area contributed by atoms with Crippen LogP contribution in [0, 0.1) is 0 Å². The number of morpholine rings is 1. The quantitative estimate of drug-likeness (QED) is 0.617. The average molecular weight is 444 g/mol. The topological polar surface area (TPSA) is 128 Å². The van der Waals surface area contributed by atoms with Crippen LogP contribution in [0.15, 0.2) is 18.7 Å². The Labute approximate surface area is 182 Å². The molecule has 0 spiro atoms. The van der Waals surface area contributed by atoms with Gasteiger partial charge in [-0.3, -0.25) is 0 Å². The zero-order chi connectivity index (χ0) is 21.4. The van der Waals surface area contributed by atoms with Crippen LogP contribution in [-0.4, -0.2) is 83.6 Å². The van der Waals surface area contributed by atoms with Gasteiger partial charge in [-0.1, -0.05) is 0 Å². The molecular weight excluding hydrogens is 418 g/mol. The number of nitrogen functional groups attached to an aromatic ring is 1. The summed E-state index contributed by atoms with van der Waals surface area (Å²) in [6.45, 7) is 4.33. The van der Waals surface area contributed by atoms with E-state index >= 15 is 0 Å². The van der Waals surface area contributed by atoms with Gasteiger partial charge in [-0.15, -0.1) is 0 Å². The van der Waals surface area contributed by atoms with E-state index in [0.29, 0.717) is 30.4 Å². The zero-order valence-electron chi connectivity index (χ0n) is 17.3. The third-order valence-corrected chi connectivity index (χ3v) is 6.92. The molecule has 12 heteroatoms. The normalized spacial score (nSPS) is 19.7. The standard InChI is InChI=1S/C19H25N9O2S/c1-31(29)27-4-2-14(3-5-27)28-12-23-16-15(13-10-21-18(20)22-11-13)24-19(25-17(16)28)26-6-8-30-9-7-26/h10-12,14H,2-9H2,1H3,(H2,20,21,22). The molecule has 2 N–H and O–H groups in total. The van der Waals surface area contributed by atoms with Crippen molar-refractivity contribution < 1.29 is 8.95 Å². The largest absolute Gasteiger partial charge is 0.378 e. The van der Waals surface area contributed by atoms with Gasteiger partial charge in [0.1, 0.15) is 11.2 Å². The molecule has 0 aromatic carbocycles. The predicted molar refractivity (Wildman–Crippen MR) is 118 cm³/mol. The minimum atomic E-state index is -0.938. The number of nitrogens with two attached hydrogens (primary N) is 1. The molecule has 3 aromatic heterocycles. The highest BCUT2D eigenvalue weighted by molar-refractivity contribution is 7.81. The van der Waals surface area contributed by atoms with Crippen LogP contribution in [0.5, 0.6) is 0 Å². The molecular formula is C19H25N9O2S. The third-order valence-electron chi connectivity index (χ3n) is 5.83. The first-order valence-electron chi connectivity index (χ1n) is 10.3. The molecule has 1 atom stereocenters. The van der Waals surface area contributed by atoms with Crippen molar-refractivity contribution in [2.24, 2.45) is 0 Å². The van der Waals surface area contributed by atoms with Gasteiger partial charge in [0, 0.05) is 56.4 Å². The molecule has 0 radical (unpaired) electrons. The van der Waals surface area contributed by atoms with Crippen LogP contribution in [0.25, 0.3) is 22.4 Å². The van der Waals surface area contributed by atoms with Gasteiger partial charge in [-0.2, -0.15) is 4.98 Å². The van der Waals surface area contributed by atoms with Gasteiger partial charge in [0.2, 0.25) is 11.9 Å². The van der Waals surface area contributed by atoms with Gasteiger partial charge < -0.3 is 19.9 Å². The van der Waals surface area contributed by atoms with Crippen molar-refractivity contribution in [1.82, 2.24) is 33.8 Å². The smallest absolute Gasteiger partial charge is 0.228 e. The Morgan fingerprint density at radius 2 is 1.77 bits per heavy atom. The van der Waals surface area contributed by atoms with Crippen LogP contribution in [0.1, 0.15) is 18.9 Å². The lowest BCUT2D eigenvalue weighted by Crippen LogP contribution is -2.37. The first-order chi connectivity index (χ1) is 15.1. The minimum Gasteiger partial charge on any atom is -0.378 e. The Kier molecular flexibility index (Phi) is 5.50. The lowest BCUT2D eigenvalue weighted by Gasteiger charge is -2.31. The predicted octanol–water partition coefficient (Wildman–Crippen LogP) is 0.633. The van der Waals surface area contributed by atoms with Gasteiger partial charge in [0.05, 0.1) is 30.5 Å². The molecule has 2 fully saturated rings. The Hall–Kier alpha value is -2.70. The van der Waals surface area contributed by atoms with E-state index < -0.39 is 11.0 Å². The van der Waals surface area contributed by atoms with E-state index in [0.717, 1.165) is 50.2 Å². The number of piperidine rings is 1. The third kappa shape index (κ3) is 3.98. The maximum atomic E-state index is 11.8. The second-order valence-corrected chi connectivity index (χ2v) is 9.07. The Morgan fingerprint density at radius 1 is 1.06 bits per heavy atom. The summed E-state index contributed by atoms with van der Waals surface area (Å²) in [6, 6.07) is 0.243. The fraction of sp³-hybridized carbons (Fsp3) is 0.526. The van der Waals surface area contributed by atoms with Gasteiger partial charge >= 0.3 is 0 Å². The van der Waals surface area contributed by atoms with Gasteiger partial charge in [-0.25, -0.2) is 28.5 Å². The molecule has 5 rings (SSSR count). The lowest BCUT2D eigenvalue weighted by atomic mass is 10.1. The summed E-state index contributed by atoms with van der Waals surface area (Å²) >= 11 is 0. The van der Waals surface area contributed by atoms with E-state index in [1.807, 2.05) is 10.6 Å². The molecule has 0 bridgehead atoms. The number of aromatic nitrogens is 6. The van der Waals surface area contributed by atoms with Crippen molar-refractivity contribution in [3.05, 3.63) is 18.7 Å². The fourth-order valence-corrected chi connectivity index (χ4v) is 4.84. The van der Waals surface area contributed by atoms with E-state index in [-0.39, 0.29) is 12.0 Å². The number of hydrogen-bond acceptors (Lipinski definition) is 9. The molecule has 11 nitrogen and oxygen atoms in total. The lowest BCUT2D eigenvalue weighted by molar-refractivity contribution is 0.122. The molecule has 2 aliphatic heterocycles. The molecule has 0 amide bonds. The first kappa shape index (κ1) is 20.2. The number of rotatable bonds is 4. The van der Waals surface area contributed by atoms with Crippen LogP contribution in [0.4, 0.5) is 11.9 Å². The number of anilines is 2. The van der Waals surface area contributed by atoms with Crippen LogP contribution in [0.2, 0.25) is 0 Å². The number of hydrogen-bond donors (Lipinski definition) is 1. The number of ether oxygens (including phenoxy) is 1. The summed E-state index contributed by atoms with van der Waals surface area (Å²) in [4.78, 5) is 24.8. The van der Waals surface area contributed by atoms with Gasteiger partial charge in [0.15, 0.2) is 5.65 Å².